The molecule has 0 fully saturated rings. The van der Waals surface area contributed by atoms with Crippen LogP contribution in [0.3, 0.4) is 0 Å². The lowest BCUT2D eigenvalue weighted by atomic mass is 9.98. The standard InChI is InChI=1S/C9H12O3/c1-9(2,12-11)7-3-5-8(10)6-4-7/h3-6,10-11H,1-2H3. The monoisotopic (exact) mass is 168 g/mol. The first-order valence-electron chi connectivity index (χ1n) is 3.68. The molecule has 3 heteroatoms. The smallest absolute Gasteiger partial charge is 0.123 e. The second-order valence-electron chi connectivity index (χ2n) is 3.15. The van der Waals surface area contributed by atoms with E-state index in [1.165, 1.54) is 0 Å². The molecule has 0 unspecified atom stereocenters. The summed E-state index contributed by atoms with van der Waals surface area (Å²) in [5.74, 6) is 0.201. The molecule has 2 N–H and O–H groups in total. The zero-order valence-electron chi connectivity index (χ0n) is 7.11. The van der Waals surface area contributed by atoms with Crippen LogP contribution in [0, 0.1) is 0 Å². The maximum Gasteiger partial charge on any atom is 0.123 e. The van der Waals surface area contributed by atoms with Crippen molar-refractivity contribution in [3.63, 3.8) is 0 Å². The summed E-state index contributed by atoms with van der Waals surface area (Å²) < 4.78 is 0. The van der Waals surface area contributed by atoms with Crippen LogP contribution in [0.25, 0.3) is 0 Å². The van der Waals surface area contributed by atoms with E-state index in [9.17, 15) is 0 Å². The van der Waals surface area contributed by atoms with E-state index in [0.29, 0.717) is 0 Å². The molecular formula is C9H12O3. The third-order valence-electron chi connectivity index (χ3n) is 1.79. The average Bonchev–Trinajstić information content (AvgIpc) is 2.05. The Morgan fingerprint density at radius 2 is 1.67 bits per heavy atom. The van der Waals surface area contributed by atoms with Crippen LogP contribution in [0.15, 0.2) is 24.3 Å². The summed E-state index contributed by atoms with van der Waals surface area (Å²) in [6.45, 7) is 3.47. The highest BCUT2D eigenvalue weighted by atomic mass is 17.1. The van der Waals surface area contributed by atoms with E-state index in [4.69, 9.17) is 10.4 Å². The van der Waals surface area contributed by atoms with Gasteiger partial charge >= 0.3 is 0 Å². The summed E-state index contributed by atoms with van der Waals surface area (Å²) in [4.78, 5) is 4.28. The normalized spacial score (nSPS) is 11.6. The molecule has 0 saturated heterocycles. The number of hydrogen-bond donors (Lipinski definition) is 2. The molecule has 0 heterocycles. The lowest BCUT2D eigenvalue weighted by molar-refractivity contribution is -0.318. The summed E-state index contributed by atoms with van der Waals surface area (Å²) in [6.07, 6.45) is 0. The number of rotatable bonds is 2. The molecule has 1 aromatic rings. The van der Waals surface area contributed by atoms with E-state index in [0.717, 1.165) is 5.56 Å². The van der Waals surface area contributed by atoms with Crippen molar-refractivity contribution in [3.05, 3.63) is 29.8 Å². The van der Waals surface area contributed by atoms with Gasteiger partial charge in [0.15, 0.2) is 0 Å². The first-order chi connectivity index (χ1) is 5.56. The maximum atomic E-state index is 8.99. The molecule has 12 heavy (non-hydrogen) atoms. The highest BCUT2D eigenvalue weighted by molar-refractivity contribution is 5.29. The third kappa shape index (κ3) is 1.75. The van der Waals surface area contributed by atoms with Gasteiger partial charge in [-0.25, -0.2) is 4.89 Å². The van der Waals surface area contributed by atoms with Gasteiger partial charge in [-0.3, -0.25) is 5.26 Å². The Kier molecular flexibility index (Phi) is 2.35. The van der Waals surface area contributed by atoms with Crippen LogP contribution < -0.4 is 0 Å². The van der Waals surface area contributed by atoms with E-state index in [-0.39, 0.29) is 5.75 Å². The molecule has 0 aliphatic heterocycles. The van der Waals surface area contributed by atoms with Crippen LogP contribution in [0.4, 0.5) is 0 Å². The molecule has 3 nitrogen and oxygen atoms in total. The summed E-state index contributed by atoms with van der Waals surface area (Å²) in [5.41, 5.74) is 0.0797. The number of hydrogen-bond acceptors (Lipinski definition) is 3. The summed E-state index contributed by atoms with van der Waals surface area (Å²) >= 11 is 0. The molecule has 0 amide bonds. The van der Waals surface area contributed by atoms with Gasteiger partial charge in [-0.05, 0) is 31.5 Å². The molecule has 0 aromatic heterocycles. The Morgan fingerprint density at radius 3 is 2.08 bits per heavy atom. The lowest BCUT2D eigenvalue weighted by Gasteiger charge is -2.20. The average molecular weight is 168 g/mol. The quantitative estimate of drug-likeness (QED) is 0.525. The Morgan fingerprint density at radius 1 is 1.17 bits per heavy atom. The highest BCUT2D eigenvalue weighted by Gasteiger charge is 2.20. The van der Waals surface area contributed by atoms with Gasteiger partial charge in [0.25, 0.3) is 0 Å². The van der Waals surface area contributed by atoms with Crippen molar-refractivity contribution in [2.75, 3.05) is 0 Å². The zero-order chi connectivity index (χ0) is 9.19. The largest absolute Gasteiger partial charge is 0.508 e. The molecule has 0 saturated carbocycles. The second-order valence-corrected chi connectivity index (χ2v) is 3.15. The van der Waals surface area contributed by atoms with E-state index in [1.54, 1.807) is 38.1 Å². The molecule has 0 radical (unpaired) electrons. The predicted octanol–water partition coefficient (Wildman–Crippen LogP) is 2.12. The van der Waals surface area contributed by atoms with Gasteiger partial charge < -0.3 is 5.11 Å². The minimum atomic E-state index is -0.728. The Hall–Kier alpha value is -1.06. The minimum Gasteiger partial charge on any atom is -0.508 e. The number of aromatic hydroxyl groups is 1. The van der Waals surface area contributed by atoms with Crippen LogP contribution in [-0.2, 0) is 10.5 Å². The Bertz CT molecular complexity index is 251. The van der Waals surface area contributed by atoms with Gasteiger partial charge in [0.05, 0.1) is 0 Å². The lowest BCUT2D eigenvalue weighted by Crippen LogP contribution is -2.19. The zero-order valence-corrected chi connectivity index (χ0v) is 7.11. The SMILES string of the molecule is CC(C)(OO)c1ccc(O)cc1. The fraction of sp³-hybridized carbons (Fsp3) is 0.333. The molecule has 1 rings (SSSR count). The molecule has 0 aliphatic carbocycles. The molecule has 0 aliphatic rings. The first-order valence-corrected chi connectivity index (χ1v) is 3.68. The highest BCUT2D eigenvalue weighted by Crippen LogP contribution is 2.24. The fourth-order valence-electron chi connectivity index (χ4n) is 0.916. The summed E-state index contributed by atoms with van der Waals surface area (Å²) in [5, 5.41) is 17.5. The van der Waals surface area contributed by atoms with Crippen LogP contribution in [-0.4, -0.2) is 10.4 Å². The summed E-state index contributed by atoms with van der Waals surface area (Å²) in [7, 11) is 0. The van der Waals surface area contributed by atoms with Crippen molar-refractivity contribution in [3.8, 4) is 5.75 Å². The van der Waals surface area contributed by atoms with E-state index in [1.807, 2.05) is 0 Å². The van der Waals surface area contributed by atoms with E-state index in [2.05, 4.69) is 4.89 Å². The second kappa shape index (κ2) is 3.13. The number of benzene rings is 1. The van der Waals surface area contributed by atoms with E-state index < -0.39 is 5.60 Å². The van der Waals surface area contributed by atoms with Gasteiger partial charge in [-0.1, -0.05) is 12.1 Å². The minimum absolute atomic E-state index is 0.201. The van der Waals surface area contributed by atoms with Crippen LogP contribution in [0.2, 0.25) is 0 Å². The van der Waals surface area contributed by atoms with E-state index >= 15 is 0 Å². The molecule has 1 aromatic carbocycles. The van der Waals surface area contributed by atoms with Crippen LogP contribution in [0.1, 0.15) is 19.4 Å². The van der Waals surface area contributed by atoms with Crippen molar-refractivity contribution in [1.29, 1.82) is 0 Å². The van der Waals surface area contributed by atoms with Gasteiger partial charge in [0, 0.05) is 0 Å². The summed E-state index contributed by atoms with van der Waals surface area (Å²) in [6, 6.07) is 6.50. The molecule has 0 atom stereocenters. The number of phenolic OH excluding ortho intramolecular Hbond substituents is 1. The first kappa shape index (κ1) is 9.03. The van der Waals surface area contributed by atoms with Crippen molar-refractivity contribution < 1.29 is 15.3 Å². The Balaban J connectivity index is 2.96. The van der Waals surface area contributed by atoms with Crippen LogP contribution in [0.5, 0.6) is 5.75 Å². The van der Waals surface area contributed by atoms with Crippen molar-refractivity contribution in [1.82, 2.24) is 0 Å². The fourth-order valence-corrected chi connectivity index (χ4v) is 0.916. The molecule has 0 bridgehead atoms. The van der Waals surface area contributed by atoms with Crippen molar-refractivity contribution in [2.24, 2.45) is 0 Å². The maximum absolute atomic E-state index is 8.99. The number of phenols is 1. The van der Waals surface area contributed by atoms with Gasteiger partial charge in [0.2, 0.25) is 0 Å². The molecule has 66 valence electrons. The topological polar surface area (TPSA) is 49.7 Å². The van der Waals surface area contributed by atoms with Crippen molar-refractivity contribution >= 4 is 0 Å². The van der Waals surface area contributed by atoms with Gasteiger partial charge in [-0.2, -0.15) is 0 Å². The van der Waals surface area contributed by atoms with Crippen LogP contribution >= 0.6 is 0 Å². The third-order valence-corrected chi connectivity index (χ3v) is 1.79. The predicted molar refractivity (Wildman–Crippen MR) is 44.8 cm³/mol. The molecular weight excluding hydrogens is 156 g/mol. The van der Waals surface area contributed by atoms with Crippen molar-refractivity contribution in [2.45, 2.75) is 19.4 Å². The molecule has 0 spiro atoms. The Labute approximate surface area is 71.2 Å². The van der Waals surface area contributed by atoms with Gasteiger partial charge in [-0.15, -0.1) is 0 Å². The van der Waals surface area contributed by atoms with Gasteiger partial charge in [0.1, 0.15) is 11.4 Å².